The first kappa shape index (κ1) is 25.4. The highest BCUT2D eigenvalue weighted by Crippen LogP contribution is 2.41. The molecule has 0 amide bonds. The van der Waals surface area contributed by atoms with Crippen LogP contribution in [0, 0.1) is 23.5 Å². The van der Waals surface area contributed by atoms with Gasteiger partial charge in [0.1, 0.15) is 11.6 Å². The van der Waals surface area contributed by atoms with Crippen molar-refractivity contribution in [2.24, 2.45) is 11.8 Å². The predicted octanol–water partition coefficient (Wildman–Crippen LogP) is 10.6. The first-order valence-corrected chi connectivity index (χ1v) is 14.2. The Morgan fingerprint density at radius 2 is 0.971 bits per heavy atom. The second kappa shape index (κ2) is 12.3. The van der Waals surface area contributed by atoms with E-state index >= 15 is 8.78 Å². The largest absolute Gasteiger partial charge is 0.206 e. The fourth-order valence-corrected chi connectivity index (χ4v) is 6.56. The van der Waals surface area contributed by atoms with E-state index in [1.165, 1.54) is 64.2 Å². The SMILES string of the molecule is CCCC[C@H]1CC[C@H](c2ccc(-c3ccc([C@H]4CC[C@H](CCCC)CC4)cc3F)c(F)c2)CC1. The molecule has 0 spiro atoms. The van der Waals surface area contributed by atoms with E-state index in [1.54, 1.807) is 12.1 Å². The highest BCUT2D eigenvalue weighted by Gasteiger charge is 2.25. The molecule has 4 rings (SSSR count). The van der Waals surface area contributed by atoms with Crippen molar-refractivity contribution < 1.29 is 8.78 Å². The van der Waals surface area contributed by atoms with Gasteiger partial charge in [0.05, 0.1) is 0 Å². The molecule has 0 bridgehead atoms. The predicted molar refractivity (Wildman–Crippen MR) is 140 cm³/mol. The number of halogens is 2. The van der Waals surface area contributed by atoms with Gasteiger partial charge in [-0.05, 0) is 98.3 Å². The molecule has 34 heavy (non-hydrogen) atoms. The minimum Gasteiger partial charge on any atom is -0.206 e. The molecule has 0 radical (unpaired) electrons. The van der Waals surface area contributed by atoms with Crippen LogP contribution in [0.3, 0.4) is 0 Å². The van der Waals surface area contributed by atoms with E-state index in [2.05, 4.69) is 13.8 Å². The quantitative estimate of drug-likeness (QED) is 0.345. The molecule has 2 heteroatoms. The maximum absolute atomic E-state index is 15.1. The summed E-state index contributed by atoms with van der Waals surface area (Å²) in [5, 5.41) is 0. The number of hydrogen-bond acceptors (Lipinski definition) is 0. The van der Waals surface area contributed by atoms with Gasteiger partial charge < -0.3 is 0 Å². The Morgan fingerprint density at radius 1 is 0.588 bits per heavy atom. The van der Waals surface area contributed by atoms with E-state index in [0.717, 1.165) is 48.6 Å². The normalized spacial score (nSPS) is 25.4. The van der Waals surface area contributed by atoms with Crippen LogP contribution in [0.2, 0.25) is 0 Å². The van der Waals surface area contributed by atoms with Crippen LogP contribution < -0.4 is 0 Å². The van der Waals surface area contributed by atoms with E-state index in [1.807, 2.05) is 24.3 Å². The molecule has 2 saturated carbocycles. The van der Waals surface area contributed by atoms with Gasteiger partial charge in [-0.1, -0.05) is 76.6 Å². The molecule has 0 aromatic heterocycles. The minimum atomic E-state index is -0.284. The van der Waals surface area contributed by atoms with Crippen LogP contribution in [0.25, 0.3) is 11.1 Å². The third kappa shape index (κ3) is 6.29. The lowest BCUT2D eigenvalue weighted by molar-refractivity contribution is 0.304. The van der Waals surface area contributed by atoms with E-state index < -0.39 is 0 Å². The summed E-state index contributed by atoms with van der Waals surface area (Å²) in [4.78, 5) is 0. The van der Waals surface area contributed by atoms with Gasteiger partial charge in [-0.25, -0.2) is 8.78 Å². The van der Waals surface area contributed by atoms with Crippen LogP contribution in [-0.2, 0) is 0 Å². The summed E-state index contributed by atoms with van der Waals surface area (Å²) in [6.45, 7) is 4.51. The molecule has 2 aliphatic rings. The van der Waals surface area contributed by atoms with Gasteiger partial charge in [-0.3, -0.25) is 0 Å². The zero-order valence-corrected chi connectivity index (χ0v) is 21.4. The summed E-state index contributed by atoms with van der Waals surface area (Å²) >= 11 is 0. The lowest BCUT2D eigenvalue weighted by Crippen LogP contribution is -2.14. The topological polar surface area (TPSA) is 0 Å². The lowest BCUT2D eigenvalue weighted by atomic mass is 9.76. The van der Waals surface area contributed by atoms with E-state index in [0.29, 0.717) is 23.0 Å². The van der Waals surface area contributed by atoms with Gasteiger partial charge in [0, 0.05) is 11.1 Å². The van der Waals surface area contributed by atoms with Crippen molar-refractivity contribution >= 4 is 0 Å². The summed E-state index contributed by atoms with van der Waals surface area (Å²) in [6.07, 6.45) is 17.5. The monoisotopic (exact) mass is 466 g/mol. The number of unbranched alkanes of at least 4 members (excludes halogenated alkanes) is 2. The molecule has 0 saturated heterocycles. The molecule has 2 aliphatic carbocycles. The first-order valence-electron chi connectivity index (χ1n) is 14.2. The maximum Gasteiger partial charge on any atom is 0.131 e. The molecule has 0 N–H and O–H groups in total. The fourth-order valence-electron chi connectivity index (χ4n) is 6.56. The van der Waals surface area contributed by atoms with Crippen molar-refractivity contribution in [2.45, 2.75) is 116 Å². The molecule has 0 unspecified atom stereocenters. The van der Waals surface area contributed by atoms with Crippen LogP contribution in [0.1, 0.15) is 127 Å². The molecule has 186 valence electrons. The molecule has 0 aliphatic heterocycles. The van der Waals surface area contributed by atoms with Crippen molar-refractivity contribution in [2.75, 3.05) is 0 Å². The molecule has 0 atom stereocenters. The summed E-state index contributed by atoms with van der Waals surface area (Å²) < 4.78 is 30.3. The number of benzene rings is 2. The molecular weight excluding hydrogens is 422 g/mol. The van der Waals surface area contributed by atoms with E-state index in [9.17, 15) is 0 Å². The van der Waals surface area contributed by atoms with Crippen LogP contribution in [0.4, 0.5) is 8.78 Å². The lowest BCUT2D eigenvalue weighted by Gasteiger charge is -2.29. The summed E-state index contributed by atoms with van der Waals surface area (Å²) in [5.41, 5.74) is 2.97. The zero-order valence-electron chi connectivity index (χ0n) is 21.4. The summed E-state index contributed by atoms with van der Waals surface area (Å²) in [7, 11) is 0. The van der Waals surface area contributed by atoms with Crippen molar-refractivity contribution in [1.82, 2.24) is 0 Å². The second-order valence-electron chi connectivity index (χ2n) is 11.2. The zero-order chi connectivity index (χ0) is 23.9. The fraction of sp³-hybridized carbons (Fsp3) is 0.625. The molecule has 2 aromatic carbocycles. The average molecular weight is 467 g/mol. The van der Waals surface area contributed by atoms with Gasteiger partial charge in [0.2, 0.25) is 0 Å². The Balaban J connectivity index is 1.39. The van der Waals surface area contributed by atoms with Gasteiger partial charge in [0.25, 0.3) is 0 Å². The second-order valence-corrected chi connectivity index (χ2v) is 11.2. The third-order valence-electron chi connectivity index (χ3n) is 8.84. The highest BCUT2D eigenvalue weighted by atomic mass is 19.1. The number of hydrogen-bond donors (Lipinski definition) is 0. The Hall–Kier alpha value is -1.70. The maximum atomic E-state index is 15.1. The third-order valence-corrected chi connectivity index (χ3v) is 8.84. The highest BCUT2D eigenvalue weighted by molar-refractivity contribution is 5.66. The molecule has 2 aromatic rings. The molecule has 0 heterocycles. The average Bonchev–Trinajstić information content (AvgIpc) is 2.87. The van der Waals surface area contributed by atoms with Gasteiger partial charge in [0.15, 0.2) is 0 Å². The van der Waals surface area contributed by atoms with E-state index in [-0.39, 0.29) is 11.6 Å². The van der Waals surface area contributed by atoms with Gasteiger partial charge in [-0.15, -0.1) is 0 Å². The Kier molecular flexibility index (Phi) is 9.20. The van der Waals surface area contributed by atoms with Crippen molar-refractivity contribution in [3.05, 3.63) is 59.2 Å². The van der Waals surface area contributed by atoms with Gasteiger partial charge >= 0.3 is 0 Å². The number of rotatable bonds is 9. The first-order chi connectivity index (χ1) is 16.6. The molecular formula is C32H44F2. The van der Waals surface area contributed by atoms with Crippen LogP contribution in [-0.4, -0.2) is 0 Å². The molecule has 0 nitrogen and oxygen atoms in total. The smallest absolute Gasteiger partial charge is 0.131 e. The minimum absolute atomic E-state index is 0.284. The Bertz CT molecular complexity index is 826. The summed E-state index contributed by atoms with van der Waals surface area (Å²) in [6, 6.07) is 11.1. The summed E-state index contributed by atoms with van der Waals surface area (Å²) in [5.74, 6) is 2.02. The van der Waals surface area contributed by atoms with Crippen LogP contribution >= 0.6 is 0 Å². The van der Waals surface area contributed by atoms with E-state index in [4.69, 9.17) is 0 Å². The van der Waals surface area contributed by atoms with Gasteiger partial charge in [-0.2, -0.15) is 0 Å². The standard InChI is InChI=1S/C32H44F2/c1-3-5-7-23-9-13-25(14-10-23)27-17-19-29(31(33)21-27)30-20-18-28(22-32(30)34)26-15-11-24(12-16-26)8-6-4-2/h17-26H,3-16H2,1-2H3/t23-,24-,25-,26-. The van der Waals surface area contributed by atoms with Crippen molar-refractivity contribution in [3.63, 3.8) is 0 Å². The Labute approximate surface area is 206 Å². The van der Waals surface area contributed by atoms with Crippen LogP contribution in [0.5, 0.6) is 0 Å². The van der Waals surface area contributed by atoms with Crippen molar-refractivity contribution in [1.29, 1.82) is 0 Å². The van der Waals surface area contributed by atoms with Crippen molar-refractivity contribution in [3.8, 4) is 11.1 Å². The Morgan fingerprint density at radius 3 is 1.29 bits per heavy atom. The molecule has 2 fully saturated rings. The van der Waals surface area contributed by atoms with Crippen LogP contribution in [0.15, 0.2) is 36.4 Å².